The fourth-order valence-corrected chi connectivity index (χ4v) is 3.58. The maximum atomic E-state index is 14.4. The zero-order valence-electron chi connectivity index (χ0n) is 17.6. The Morgan fingerprint density at radius 3 is 1.93 bits per heavy atom. The molecule has 3 rings (SSSR count). The molecule has 0 aliphatic carbocycles. The average molecular weight is 391 g/mol. The molecule has 0 fully saturated rings. The van der Waals surface area contributed by atoms with Crippen LogP contribution in [-0.2, 0) is 12.8 Å². The van der Waals surface area contributed by atoms with E-state index in [1.54, 1.807) is 6.20 Å². The highest BCUT2D eigenvalue weighted by molar-refractivity contribution is 5.67. The Morgan fingerprint density at radius 2 is 1.31 bits per heavy atom. The molecule has 0 radical (unpaired) electrons. The van der Waals surface area contributed by atoms with Gasteiger partial charge in [-0.3, -0.25) is 0 Å². The van der Waals surface area contributed by atoms with Crippen LogP contribution in [0.15, 0.2) is 54.7 Å². The van der Waals surface area contributed by atoms with Gasteiger partial charge in [0.2, 0.25) is 5.95 Å². The Morgan fingerprint density at radius 1 is 0.690 bits per heavy atom. The number of hydrogen-bond donors (Lipinski definition) is 0. The minimum Gasteiger partial charge on any atom is -0.236 e. The molecule has 1 aromatic heterocycles. The van der Waals surface area contributed by atoms with E-state index in [0.717, 1.165) is 36.8 Å². The Balaban J connectivity index is 1.65. The van der Waals surface area contributed by atoms with Crippen LogP contribution < -0.4 is 0 Å². The van der Waals surface area contributed by atoms with Gasteiger partial charge in [-0.1, -0.05) is 94.5 Å². The van der Waals surface area contributed by atoms with Crippen LogP contribution in [0.1, 0.15) is 63.5 Å². The second-order valence-corrected chi connectivity index (χ2v) is 7.70. The molecule has 2 aromatic carbocycles. The summed E-state index contributed by atoms with van der Waals surface area (Å²) >= 11 is 0. The Hall–Kier alpha value is -2.55. The van der Waals surface area contributed by atoms with Crippen molar-refractivity contribution in [1.82, 2.24) is 9.97 Å². The minimum atomic E-state index is -0.388. The summed E-state index contributed by atoms with van der Waals surface area (Å²) < 4.78 is 14.4. The average Bonchev–Trinajstić information content (AvgIpc) is 2.75. The first kappa shape index (κ1) is 21.2. The molecule has 29 heavy (non-hydrogen) atoms. The van der Waals surface area contributed by atoms with E-state index < -0.39 is 0 Å². The van der Waals surface area contributed by atoms with Gasteiger partial charge in [-0.15, -0.1) is 0 Å². The van der Waals surface area contributed by atoms with E-state index in [9.17, 15) is 4.39 Å². The van der Waals surface area contributed by atoms with E-state index >= 15 is 0 Å². The molecule has 0 spiro atoms. The first-order valence-electron chi connectivity index (χ1n) is 10.9. The van der Waals surface area contributed by atoms with Crippen LogP contribution in [0.25, 0.3) is 22.5 Å². The fourth-order valence-electron chi connectivity index (χ4n) is 3.58. The molecule has 0 unspecified atom stereocenters. The van der Waals surface area contributed by atoms with Crippen molar-refractivity contribution in [3.8, 4) is 22.5 Å². The van der Waals surface area contributed by atoms with Crippen LogP contribution in [0.5, 0.6) is 0 Å². The summed E-state index contributed by atoms with van der Waals surface area (Å²) in [4.78, 5) is 8.52. The molecule has 1 heterocycles. The molecule has 0 aliphatic heterocycles. The molecule has 0 saturated carbocycles. The van der Waals surface area contributed by atoms with Crippen LogP contribution in [0.3, 0.4) is 0 Å². The van der Waals surface area contributed by atoms with Gasteiger partial charge in [0.05, 0.1) is 0 Å². The molecule has 3 heteroatoms. The number of halogens is 1. The molecule has 0 atom stereocenters. The van der Waals surface area contributed by atoms with Gasteiger partial charge in [0.1, 0.15) is 0 Å². The third kappa shape index (κ3) is 5.96. The second-order valence-electron chi connectivity index (χ2n) is 7.70. The standard InChI is InChI=1S/C26H31FN2/c1-3-5-6-7-8-10-24-19-28-26(29-25(24)27)23-17-15-22(16-18-23)21-13-11-20(9-4-2)12-14-21/h11-19H,3-10H2,1-2H3. The summed E-state index contributed by atoms with van der Waals surface area (Å²) in [5.74, 6) is 0.0585. The van der Waals surface area contributed by atoms with Crippen molar-refractivity contribution in [2.45, 2.75) is 65.2 Å². The summed E-state index contributed by atoms with van der Waals surface area (Å²) in [7, 11) is 0. The molecule has 0 aliphatic rings. The van der Waals surface area contributed by atoms with Crippen molar-refractivity contribution in [3.05, 3.63) is 71.8 Å². The van der Waals surface area contributed by atoms with Crippen molar-refractivity contribution in [1.29, 1.82) is 0 Å². The largest absolute Gasteiger partial charge is 0.236 e. The Bertz CT molecular complexity index is 886. The van der Waals surface area contributed by atoms with Crippen molar-refractivity contribution in [3.63, 3.8) is 0 Å². The third-order valence-electron chi connectivity index (χ3n) is 5.33. The first-order valence-corrected chi connectivity index (χ1v) is 10.9. The number of aryl methyl sites for hydroxylation is 2. The van der Waals surface area contributed by atoms with Crippen molar-refractivity contribution in [2.75, 3.05) is 0 Å². The minimum absolute atomic E-state index is 0.388. The van der Waals surface area contributed by atoms with Gasteiger partial charge >= 0.3 is 0 Å². The summed E-state index contributed by atoms with van der Waals surface area (Å²) in [6, 6.07) is 16.7. The number of rotatable bonds is 10. The van der Waals surface area contributed by atoms with Crippen LogP contribution in [0.4, 0.5) is 4.39 Å². The summed E-state index contributed by atoms with van der Waals surface area (Å²) in [5.41, 5.74) is 5.14. The van der Waals surface area contributed by atoms with E-state index in [-0.39, 0.29) is 5.95 Å². The SMILES string of the molecule is CCCCCCCc1cnc(-c2ccc(-c3ccc(CCC)cc3)cc2)nc1F. The number of benzene rings is 2. The molecule has 0 N–H and O–H groups in total. The van der Waals surface area contributed by atoms with Crippen LogP contribution in [-0.4, -0.2) is 9.97 Å². The lowest BCUT2D eigenvalue weighted by Crippen LogP contribution is -1.99. The Labute approximate surface area is 174 Å². The topological polar surface area (TPSA) is 25.8 Å². The van der Waals surface area contributed by atoms with Gasteiger partial charge in [0.25, 0.3) is 0 Å². The molecule has 152 valence electrons. The smallest absolute Gasteiger partial charge is 0.219 e. The number of hydrogen-bond acceptors (Lipinski definition) is 2. The third-order valence-corrected chi connectivity index (χ3v) is 5.33. The summed E-state index contributed by atoms with van der Waals surface area (Å²) in [6.45, 7) is 4.39. The van der Waals surface area contributed by atoms with Crippen molar-refractivity contribution < 1.29 is 4.39 Å². The summed E-state index contributed by atoms with van der Waals surface area (Å²) in [5, 5.41) is 0. The molecule has 0 saturated heterocycles. The molecular formula is C26H31FN2. The quantitative estimate of drug-likeness (QED) is 0.266. The van der Waals surface area contributed by atoms with Crippen LogP contribution in [0, 0.1) is 5.95 Å². The van der Waals surface area contributed by atoms with Gasteiger partial charge in [-0.2, -0.15) is 9.37 Å². The number of nitrogens with zero attached hydrogens (tertiary/aromatic N) is 2. The second kappa shape index (κ2) is 10.8. The highest BCUT2D eigenvalue weighted by Gasteiger charge is 2.09. The first-order chi connectivity index (χ1) is 14.2. The lowest BCUT2D eigenvalue weighted by Gasteiger charge is -2.07. The van der Waals surface area contributed by atoms with Crippen molar-refractivity contribution in [2.24, 2.45) is 0 Å². The molecule has 3 aromatic rings. The molecule has 0 amide bonds. The predicted octanol–water partition coefficient (Wildman–Crippen LogP) is 7.42. The lowest BCUT2D eigenvalue weighted by molar-refractivity contribution is 0.551. The highest BCUT2D eigenvalue weighted by Crippen LogP contribution is 2.24. The lowest BCUT2D eigenvalue weighted by atomic mass is 10.0. The van der Waals surface area contributed by atoms with Crippen LogP contribution in [0.2, 0.25) is 0 Å². The number of aromatic nitrogens is 2. The van der Waals surface area contributed by atoms with Gasteiger partial charge in [-0.05, 0) is 36.0 Å². The fraction of sp³-hybridized carbons (Fsp3) is 0.385. The zero-order valence-corrected chi connectivity index (χ0v) is 17.6. The molecule has 0 bridgehead atoms. The van der Waals surface area contributed by atoms with Crippen molar-refractivity contribution >= 4 is 0 Å². The molecule has 2 nitrogen and oxygen atoms in total. The zero-order chi connectivity index (χ0) is 20.5. The molecular weight excluding hydrogens is 359 g/mol. The maximum absolute atomic E-state index is 14.4. The maximum Gasteiger partial charge on any atom is 0.219 e. The van der Waals surface area contributed by atoms with Gasteiger partial charge in [0.15, 0.2) is 5.82 Å². The van der Waals surface area contributed by atoms with Crippen LogP contribution >= 0.6 is 0 Å². The predicted molar refractivity (Wildman–Crippen MR) is 119 cm³/mol. The van der Waals surface area contributed by atoms with E-state index in [0.29, 0.717) is 17.8 Å². The summed E-state index contributed by atoms with van der Waals surface area (Å²) in [6.07, 6.45) is 10.4. The van der Waals surface area contributed by atoms with E-state index in [4.69, 9.17) is 0 Å². The van der Waals surface area contributed by atoms with Gasteiger partial charge in [0, 0.05) is 17.3 Å². The van der Waals surface area contributed by atoms with E-state index in [2.05, 4.69) is 48.1 Å². The van der Waals surface area contributed by atoms with Gasteiger partial charge < -0.3 is 0 Å². The highest BCUT2D eigenvalue weighted by atomic mass is 19.1. The number of unbranched alkanes of at least 4 members (excludes halogenated alkanes) is 4. The monoisotopic (exact) mass is 390 g/mol. The Kier molecular flexibility index (Phi) is 7.92. The van der Waals surface area contributed by atoms with Gasteiger partial charge in [-0.25, -0.2) is 4.98 Å². The van der Waals surface area contributed by atoms with E-state index in [1.807, 2.05) is 24.3 Å². The van der Waals surface area contributed by atoms with E-state index in [1.165, 1.54) is 30.4 Å². The normalized spacial score (nSPS) is 11.0.